The third-order valence-electron chi connectivity index (χ3n) is 1.56. The third-order valence-corrected chi connectivity index (χ3v) is 1.56. The average molecular weight is 220 g/mol. The van der Waals surface area contributed by atoms with Crippen LogP contribution in [0.5, 0.6) is 5.75 Å². The van der Waals surface area contributed by atoms with Gasteiger partial charge in [-0.25, -0.2) is 0 Å². The van der Waals surface area contributed by atoms with Crippen molar-refractivity contribution in [3.63, 3.8) is 0 Å². The van der Waals surface area contributed by atoms with Gasteiger partial charge in [-0.3, -0.25) is 0 Å². The molecule has 0 saturated heterocycles. The predicted octanol–water partition coefficient (Wildman–Crippen LogP) is 3.02. The second-order valence-corrected chi connectivity index (χ2v) is 2.63. The number of alkyl halides is 3. The molecule has 15 heavy (non-hydrogen) atoms. The summed E-state index contributed by atoms with van der Waals surface area (Å²) >= 11 is 0. The lowest BCUT2D eigenvalue weighted by molar-refractivity contribution is -0.274. The van der Waals surface area contributed by atoms with Gasteiger partial charge in [0.15, 0.2) is 0 Å². The first-order valence-corrected chi connectivity index (χ1v) is 4.06. The molecule has 0 heterocycles. The van der Waals surface area contributed by atoms with Crippen LogP contribution in [0.3, 0.4) is 0 Å². The number of halogens is 3. The molecule has 0 saturated carbocycles. The van der Waals surface area contributed by atoms with E-state index in [0.29, 0.717) is 5.56 Å². The average Bonchev–Trinajstić information content (AvgIpc) is 2.14. The molecule has 0 atom stereocenters. The van der Waals surface area contributed by atoms with Gasteiger partial charge in [-0.05, 0) is 11.6 Å². The zero-order chi connectivity index (χ0) is 11.3. The lowest BCUT2D eigenvalue weighted by Gasteiger charge is -2.19. The SMILES string of the molecule is CO[N-]Cc1ccccc1OC(F)(F)F. The molecule has 1 rings (SSSR count). The second-order valence-electron chi connectivity index (χ2n) is 2.63. The van der Waals surface area contributed by atoms with E-state index in [1.807, 2.05) is 0 Å². The van der Waals surface area contributed by atoms with Crippen molar-refractivity contribution in [1.82, 2.24) is 0 Å². The fourth-order valence-corrected chi connectivity index (χ4v) is 0.993. The molecule has 84 valence electrons. The Kier molecular flexibility index (Phi) is 3.93. The largest absolute Gasteiger partial charge is 0.573 e. The summed E-state index contributed by atoms with van der Waals surface area (Å²) in [6.07, 6.45) is -4.69. The van der Waals surface area contributed by atoms with Crippen LogP contribution in [0.25, 0.3) is 5.48 Å². The van der Waals surface area contributed by atoms with Gasteiger partial charge in [-0.1, -0.05) is 18.2 Å². The van der Waals surface area contributed by atoms with E-state index < -0.39 is 6.36 Å². The molecule has 1 aromatic carbocycles. The summed E-state index contributed by atoms with van der Waals surface area (Å²) in [4.78, 5) is 4.42. The Hall–Kier alpha value is -1.27. The lowest BCUT2D eigenvalue weighted by Crippen LogP contribution is -2.18. The zero-order valence-electron chi connectivity index (χ0n) is 7.91. The van der Waals surface area contributed by atoms with Crippen LogP contribution in [0.1, 0.15) is 5.56 Å². The van der Waals surface area contributed by atoms with Gasteiger partial charge in [0.1, 0.15) is 5.75 Å². The molecule has 0 N–H and O–H groups in total. The Balaban J connectivity index is 2.77. The van der Waals surface area contributed by atoms with Gasteiger partial charge >= 0.3 is 6.36 Å². The molecule has 0 bridgehead atoms. The minimum Gasteiger partial charge on any atom is -0.531 e. The Bertz CT molecular complexity index is 314. The molecule has 0 radical (unpaired) electrons. The highest BCUT2D eigenvalue weighted by atomic mass is 19.4. The van der Waals surface area contributed by atoms with Crippen LogP contribution < -0.4 is 4.74 Å². The van der Waals surface area contributed by atoms with Crippen molar-refractivity contribution >= 4 is 0 Å². The molecule has 1 aromatic rings. The van der Waals surface area contributed by atoms with Gasteiger partial charge in [0.2, 0.25) is 0 Å². The van der Waals surface area contributed by atoms with E-state index in [2.05, 4.69) is 15.1 Å². The fourth-order valence-electron chi connectivity index (χ4n) is 0.993. The molecule has 0 unspecified atom stereocenters. The number of para-hydroxylation sites is 1. The molecule has 0 aromatic heterocycles. The highest BCUT2D eigenvalue weighted by molar-refractivity contribution is 5.34. The number of nitrogens with zero attached hydrogens (tertiary/aromatic N) is 1. The van der Waals surface area contributed by atoms with E-state index in [1.165, 1.54) is 25.3 Å². The minimum atomic E-state index is -4.69. The van der Waals surface area contributed by atoms with Crippen molar-refractivity contribution in [2.24, 2.45) is 0 Å². The minimum absolute atomic E-state index is 0.0166. The van der Waals surface area contributed by atoms with Crippen molar-refractivity contribution in [3.8, 4) is 5.75 Å². The smallest absolute Gasteiger partial charge is 0.531 e. The molecule has 0 spiro atoms. The maximum Gasteiger partial charge on any atom is 0.573 e. The Labute approximate surface area is 84.8 Å². The van der Waals surface area contributed by atoms with Crippen LogP contribution in [0.15, 0.2) is 24.3 Å². The van der Waals surface area contributed by atoms with Gasteiger partial charge < -0.3 is 15.1 Å². The number of hydrogen-bond acceptors (Lipinski definition) is 2. The Morgan fingerprint density at radius 3 is 2.53 bits per heavy atom. The quantitative estimate of drug-likeness (QED) is 0.730. The first-order valence-electron chi connectivity index (χ1n) is 4.06. The van der Waals surface area contributed by atoms with Crippen LogP contribution in [-0.4, -0.2) is 13.5 Å². The number of hydrogen-bond donors (Lipinski definition) is 0. The normalized spacial score (nSPS) is 11.5. The van der Waals surface area contributed by atoms with Crippen LogP contribution in [-0.2, 0) is 11.4 Å². The molecule has 0 aliphatic heterocycles. The zero-order valence-corrected chi connectivity index (χ0v) is 7.91. The molecule has 0 aliphatic carbocycles. The molecule has 0 amide bonds. The number of benzene rings is 1. The Morgan fingerprint density at radius 1 is 1.27 bits per heavy atom. The molecular formula is C9H9F3NO2-. The van der Waals surface area contributed by atoms with Gasteiger partial charge in [0.25, 0.3) is 0 Å². The van der Waals surface area contributed by atoms with Crippen molar-refractivity contribution in [3.05, 3.63) is 35.3 Å². The fraction of sp³-hybridized carbons (Fsp3) is 0.333. The number of hydroxylamine groups is 1. The second kappa shape index (κ2) is 4.99. The van der Waals surface area contributed by atoms with Gasteiger partial charge in [-0.15, -0.1) is 19.7 Å². The van der Waals surface area contributed by atoms with Crippen molar-refractivity contribution in [2.75, 3.05) is 7.11 Å². The predicted molar refractivity (Wildman–Crippen MR) is 47.2 cm³/mol. The number of ether oxygens (including phenoxy) is 1. The van der Waals surface area contributed by atoms with Gasteiger partial charge in [0, 0.05) is 7.11 Å². The van der Waals surface area contributed by atoms with E-state index in [1.54, 1.807) is 6.07 Å². The van der Waals surface area contributed by atoms with E-state index in [9.17, 15) is 13.2 Å². The summed E-state index contributed by atoms with van der Waals surface area (Å²) in [7, 11) is 1.33. The lowest BCUT2D eigenvalue weighted by atomic mass is 10.2. The summed E-state index contributed by atoms with van der Waals surface area (Å²) in [6.45, 7) is 0.0166. The van der Waals surface area contributed by atoms with Crippen molar-refractivity contribution < 1.29 is 22.7 Å². The van der Waals surface area contributed by atoms with Crippen molar-refractivity contribution in [2.45, 2.75) is 12.9 Å². The monoisotopic (exact) mass is 220 g/mol. The van der Waals surface area contributed by atoms with E-state index in [-0.39, 0.29) is 12.3 Å². The topological polar surface area (TPSA) is 32.6 Å². The summed E-state index contributed by atoms with van der Waals surface area (Å²) < 4.78 is 39.7. The van der Waals surface area contributed by atoms with Crippen LogP contribution in [0.2, 0.25) is 0 Å². The van der Waals surface area contributed by atoms with Crippen molar-refractivity contribution in [1.29, 1.82) is 0 Å². The van der Waals surface area contributed by atoms with Gasteiger partial charge in [0.05, 0.1) is 0 Å². The first kappa shape index (κ1) is 11.8. The summed E-state index contributed by atoms with van der Waals surface area (Å²) in [5, 5.41) is 0. The third kappa shape index (κ3) is 4.18. The molecular weight excluding hydrogens is 211 g/mol. The van der Waals surface area contributed by atoms with E-state index in [4.69, 9.17) is 0 Å². The maximum atomic E-state index is 12.0. The summed E-state index contributed by atoms with van der Waals surface area (Å²) in [6, 6.07) is 5.78. The summed E-state index contributed by atoms with van der Waals surface area (Å²) in [5.74, 6) is -0.259. The first-order chi connectivity index (χ1) is 7.03. The van der Waals surface area contributed by atoms with E-state index >= 15 is 0 Å². The summed E-state index contributed by atoms with van der Waals surface area (Å²) in [5.41, 5.74) is 3.80. The molecule has 0 fully saturated rings. The standard InChI is InChI=1S/C9H9F3NO2/c1-14-13-6-7-4-2-3-5-8(7)15-9(10,11)12/h2-5H,6H2,1H3/q-1. The number of rotatable bonds is 4. The molecule has 0 aliphatic rings. The highest BCUT2D eigenvalue weighted by Gasteiger charge is 2.31. The van der Waals surface area contributed by atoms with Crippen LogP contribution >= 0.6 is 0 Å². The molecule has 3 nitrogen and oxygen atoms in total. The van der Waals surface area contributed by atoms with Crippen LogP contribution in [0, 0.1) is 0 Å². The van der Waals surface area contributed by atoms with E-state index in [0.717, 1.165) is 0 Å². The van der Waals surface area contributed by atoms with Crippen LogP contribution in [0.4, 0.5) is 13.2 Å². The Morgan fingerprint density at radius 2 is 1.93 bits per heavy atom. The molecule has 6 heteroatoms. The van der Waals surface area contributed by atoms with Gasteiger partial charge in [-0.2, -0.15) is 0 Å². The highest BCUT2D eigenvalue weighted by Crippen LogP contribution is 2.27. The maximum absolute atomic E-state index is 12.0.